The number of carbonyl (C=O) groups is 2. The molecule has 1 aliphatic rings. The van der Waals surface area contributed by atoms with Crippen LogP contribution in [0.5, 0.6) is 0 Å². The minimum atomic E-state index is -1.16. The van der Waals surface area contributed by atoms with Gasteiger partial charge in [0.2, 0.25) is 0 Å². The summed E-state index contributed by atoms with van der Waals surface area (Å²) >= 11 is 11.2. The first-order chi connectivity index (χ1) is 6.49. The standard InChI is InChI=1S/C7H7Cl2NO4/c1-14-7-5(9)4(8)6(13)10(7)2-3(11)12/h7H,2H2,1H3,(H,11,12). The van der Waals surface area contributed by atoms with E-state index in [-0.39, 0.29) is 10.1 Å². The van der Waals surface area contributed by atoms with E-state index in [1.165, 1.54) is 7.11 Å². The summed E-state index contributed by atoms with van der Waals surface area (Å²) in [7, 11) is 1.31. The zero-order valence-electron chi connectivity index (χ0n) is 7.16. The average Bonchev–Trinajstić information content (AvgIpc) is 2.31. The first-order valence-corrected chi connectivity index (χ1v) is 4.35. The molecule has 78 valence electrons. The predicted octanol–water partition coefficient (Wildman–Crippen LogP) is 0.575. The van der Waals surface area contributed by atoms with Gasteiger partial charge in [-0.05, 0) is 0 Å². The van der Waals surface area contributed by atoms with Crippen LogP contribution in [0.15, 0.2) is 10.1 Å². The molecular formula is C7H7Cl2NO4. The number of carboxylic acids is 1. The zero-order chi connectivity index (χ0) is 10.9. The van der Waals surface area contributed by atoms with Crippen LogP contribution in [0.25, 0.3) is 0 Å². The second-order valence-corrected chi connectivity index (χ2v) is 3.36. The summed E-state index contributed by atoms with van der Waals surface area (Å²) in [5, 5.41) is 8.34. The first-order valence-electron chi connectivity index (χ1n) is 3.59. The first kappa shape index (κ1) is 11.3. The van der Waals surface area contributed by atoms with E-state index in [1.54, 1.807) is 0 Å². The Balaban J connectivity index is 2.89. The summed E-state index contributed by atoms with van der Waals surface area (Å²) in [5.41, 5.74) is 0. The van der Waals surface area contributed by atoms with Gasteiger partial charge in [0.05, 0.1) is 5.03 Å². The number of methoxy groups -OCH3 is 1. The third-order valence-electron chi connectivity index (χ3n) is 1.69. The second-order valence-electron chi connectivity index (χ2n) is 2.58. The molecule has 0 aliphatic carbocycles. The molecule has 7 heteroatoms. The number of carboxylic acid groups (broad SMARTS) is 1. The number of ether oxygens (including phenoxy) is 1. The maximum absolute atomic E-state index is 11.3. The van der Waals surface area contributed by atoms with Gasteiger partial charge in [0.25, 0.3) is 5.91 Å². The Labute approximate surface area is 89.8 Å². The lowest BCUT2D eigenvalue weighted by Crippen LogP contribution is -2.40. The van der Waals surface area contributed by atoms with E-state index < -0.39 is 24.6 Å². The van der Waals surface area contributed by atoms with Crippen molar-refractivity contribution >= 4 is 35.1 Å². The number of amides is 1. The number of rotatable bonds is 3. The third kappa shape index (κ3) is 1.84. The van der Waals surface area contributed by atoms with E-state index in [4.69, 9.17) is 33.0 Å². The molecule has 0 radical (unpaired) electrons. The number of nitrogens with zero attached hydrogens (tertiary/aromatic N) is 1. The molecule has 1 amide bonds. The Morgan fingerprint density at radius 3 is 2.64 bits per heavy atom. The molecule has 0 aromatic rings. The molecule has 0 fully saturated rings. The molecule has 0 aromatic carbocycles. The highest BCUT2D eigenvalue weighted by molar-refractivity contribution is 6.49. The lowest BCUT2D eigenvalue weighted by Gasteiger charge is -2.21. The monoisotopic (exact) mass is 239 g/mol. The van der Waals surface area contributed by atoms with Gasteiger partial charge in [-0.3, -0.25) is 14.5 Å². The van der Waals surface area contributed by atoms with Crippen molar-refractivity contribution in [2.75, 3.05) is 13.7 Å². The summed E-state index contributed by atoms with van der Waals surface area (Å²) in [4.78, 5) is 22.7. The van der Waals surface area contributed by atoms with Gasteiger partial charge >= 0.3 is 5.97 Å². The number of halogens is 2. The Hall–Kier alpha value is -0.780. The van der Waals surface area contributed by atoms with Crippen molar-refractivity contribution in [3.63, 3.8) is 0 Å². The fourth-order valence-electron chi connectivity index (χ4n) is 1.11. The van der Waals surface area contributed by atoms with Gasteiger partial charge in [-0.25, -0.2) is 0 Å². The minimum absolute atomic E-state index is 0.0143. The van der Waals surface area contributed by atoms with Crippen LogP contribution in [0, 0.1) is 0 Å². The summed E-state index contributed by atoms with van der Waals surface area (Å²) in [6.45, 7) is -0.496. The van der Waals surface area contributed by atoms with Gasteiger partial charge in [-0.15, -0.1) is 0 Å². The Morgan fingerprint density at radius 1 is 1.64 bits per heavy atom. The molecule has 0 spiro atoms. The molecular weight excluding hydrogens is 233 g/mol. The Morgan fingerprint density at radius 2 is 2.21 bits per heavy atom. The lowest BCUT2D eigenvalue weighted by atomic mass is 10.5. The van der Waals surface area contributed by atoms with Crippen LogP contribution in [0.2, 0.25) is 0 Å². The molecule has 1 N–H and O–H groups in total. The maximum Gasteiger partial charge on any atom is 0.323 e. The van der Waals surface area contributed by atoms with Gasteiger partial charge < -0.3 is 9.84 Å². The third-order valence-corrected chi connectivity index (χ3v) is 2.52. The maximum atomic E-state index is 11.3. The largest absolute Gasteiger partial charge is 0.480 e. The van der Waals surface area contributed by atoms with Crippen LogP contribution in [0.4, 0.5) is 0 Å². The van der Waals surface area contributed by atoms with E-state index >= 15 is 0 Å². The highest BCUT2D eigenvalue weighted by atomic mass is 35.5. The fourth-order valence-corrected chi connectivity index (χ4v) is 1.60. The van der Waals surface area contributed by atoms with E-state index in [0.29, 0.717) is 0 Å². The SMILES string of the molecule is COC1C(Cl)=C(Cl)C(=O)N1CC(=O)O. The summed E-state index contributed by atoms with van der Waals surface area (Å²) < 4.78 is 4.85. The molecule has 1 aliphatic heterocycles. The van der Waals surface area contributed by atoms with Gasteiger partial charge in [0.15, 0.2) is 6.23 Å². The number of hydrogen-bond donors (Lipinski definition) is 1. The second kappa shape index (κ2) is 4.16. The highest BCUT2D eigenvalue weighted by Gasteiger charge is 2.38. The van der Waals surface area contributed by atoms with E-state index in [1.807, 2.05) is 0 Å². The van der Waals surface area contributed by atoms with Crippen LogP contribution in [0.1, 0.15) is 0 Å². The molecule has 0 saturated carbocycles. The smallest absolute Gasteiger partial charge is 0.323 e. The van der Waals surface area contributed by atoms with Crippen LogP contribution in [-0.4, -0.2) is 41.8 Å². The summed E-state index contributed by atoms with van der Waals surface area (Å²) in [6, 6.07) is 0. The van der Waals surface area contributed by atoms with Crippen molar-refractivity contribution in [1.29, 1.82) is 0 Å². The van der Waals surface area contributed by atoms with Crippen LogP contribution in [-0.2, 0) is 14.3 Å². The topological polar surface area (TPSA) is 66.8 Å². The van der Waals surface area contributed by atoms with E-state index in [2.05, 4.69) is 0 Å². The Bertz CT molecular complexity index is 315. The molecule has 1 heterocycles. The van der Waals surface area contributed by atoms with Crippen LogP contribution < -0.4 is 0 Å². The van der Waals surface area contributed by atoms with Gasteiger partial charge in [0, 0.05) is 7.11 Å². The van der Waals surface area contributed by atoms with E-state index in [9.17, 15) is 9.59 Å². The number of aliphatic carboxylic acids is 1. The molecule has 1 unspecified atom stereocenters. The Kier molecular flexibility index (Phi) is 3.36. The molecule has 0 saturated heterocycles. The van der Waals surface area contributed by atoms with Crippen molar-refractivity contribution in [2.45, 2.75) is 6.23 Å². The van der Waals surface area contributed by atoms with E-state index in [0.717, 1.165) is 4.90 Å². The van der Waals surface area contributed by atoms with Gasteiger partial charge in [-0.2, -0.15) is 0 Å². The number of hydrogen-bond acceptors (Lipinski definition) is 3. The van der Waals surface area contributed by atoms with Crippen LogP contribution >= 0.6 is 23.2 Å². The molecule has 0 aromatic heterocycles. The molecule has 1 atom stereocenters. The quantitative estimate of drug-likeness (QED) is 0.783. The van der Waals surface area contributed by atoms with Crippen molar-refractivity contribution in [2.24, 2.45) is 0 Å². The van der Waals surface area contributed by atoms with Crippen molar-refractivity contribution in [3.8, 4) is 0 Å². The lowest BCUT2D eigenvalue weighted by molar-refractivity contribution is -0.147. The summed E-state index contributed by atoms with van der Waals surface area (Å²) in [5.74, 6) is -1.79. The molecule has 1 rings (SSSR count). The normalized spacial score (nSPS) is 22.1. The van der Waals surface area contributed by atoms with Gasteiger partial charge in [0.1, 0.15) is 11.6 Å². The summed E-state index contributed by atoms with van der Waals surface area (Å²) in [6.07, 6.45) is -0.896. The molecule has 14 heavy (non-hydrogen) atoms. The zero-order valence-corrected chi connectivity index (χ0v) is 8.67. The molecule has 0 bridgehead atoms. The van der Waals surface area contributed by atoms with Crippen molar-refractivity contribution in [1.82, 2.24) is 4.90 Å². The number of carbonyl (C=O) groups excluding carboxylic acids is 1. The van der Waals surface area contributed by atoms with Crippen molar-refractivity contribution < 1.29 is 19.4 Å². The van der Waals surface area contributed by atoms with Gasteiger partial charge in [-0.1, -0.05) is 23.2 Å². The average molecular weight is 240 g/mol. The predicted molar refractivity (Wildman–Crippen MR) is 48.9 cm³/mol. The minimum Gasteiger partial charge on any atom is -0.480 e. The van der Waals surface area contributed by atoms with Crippen LogP contribution in [0.3, 0.4) is 0 Å². The highest BCUT2D eigenvalue weighted by Crippen LogP contribution is 2.31. The molecule has 5 nitrogen and oxygen atoms in total. The fraction of sp³-hybridized carbons (Fsp3) is 0.429. The van der Waals surface area contributed by atoms with Crippen molar-refractivity contribution in [3.05, 3.63) is 10.1 Å².